The highest BCUT2D eigenvalue weighted by Crippen LogP contribution is 2.59. The number of aryl methyl sites for hydroxylation is 1. The molecule has 2 heterocycles. The summed E-state index contributed by atoms with van der Waals surface area (Å²) in [6, 6.07) is 117. The fourth-order valence-corrected chi connectivity index (χ4v) is 14.4. The second-order valence-corrected chi connectivity index (χ2v) is 23.3. The molecule has 0 radical (unpaired) electrons. The molecule has 0 bridgehead atoms. The van der Waals surface area contributed by atoms with E-state index in [0.717, 1.165) is 61.4 Å². The van der Waals surface area contributed by atoms with Gasteiger partial charge in [0, 0.05) is 75.4 Å². The van der Waals surface area contributed by atoms with Gasteiger partial charge in [0.25, 0.3) is 0 Å². The van der Waals surface area contributed by atoms with Crippen molar-refractivity contribution in [3.63, 3.8) is 0 Å². The summed E-state index contributed by atoms with van der Waals surface area (Å²) in [4.78, 5) is 5.93. The van der Waals surface area contributed by atoms with E-state index in [0.29, 0.717) is 0 Å². The Balaban J connectivity index is 0.000000614. The third-order valence-electron chi connectivity index (χ3n) is 16.9. The molecule has 0 N–H and O–H groups in total. The summed E-state index contributed by atoms with van der Waals surface area (Å²) in [5.74, 6) is 0. The lowest BCUT2D eigenvalue weighted by Crippen LogP contribution is -2.28. The van der Waals surface area contributed by atoms with Crippen LogP contribution in [0.2, 0.25) is 0 Å². The summed E-state index contributed by atoms with van der Waals surface area (Å²) in [5, 5.41) is 5.09. The summed E-state index contributed by atoms with van der Waals surface area (Å²) >= 11 is 6.07. The largest absolute Gasteiger partial charge is 0.310 e. The topological polar surface area (TPSA) is 11.4 Å². The van der Waals surface area contributed by atoms with Gasteiger partial charge < -0.3 is 14.4 Å². The highest BCUT2D eigenvalue weighted by Gasteiger charge is 2.47. The van der Waals surface area contributed by atoms with E-state index in [1.807, 2.05) is 56.4 Å². The third kappa shape index (κ3) is 9.66. The van der Waals surface area contributed by atoms with E-state index in [1.165, 1.54) is 75.4 Å². The van der Waals surface area contributed by atoms with Crippen molar-refractivity contribution in [2.24, 2.45) is 0 Å². The van der Waals surface area contributed by atoms with Crippen LogP contribution in [0.1, 0.15) is 41.7 Å². The number of fused-ring (bicyclic) bond motifs is 9. The standard InChI is InChI=1S/C73H49N3S.C7H8S.C2H6/c1-6-23-51(24-7-1)73(52-25-8-2-9-26-52)64-36-19-16-35-61(64)72-65(73)37-22-39-67(72)74(53-27-10-3-11-28-53)56-43-41-50(42-44-56)58-33-17-20-38-66(58)75(54-29-12-4-13-30-54)57-45-46-59-62-48-63-60-34-18-21-40-70(60)77-71(63)49-69(62)76(68(59)47-57)55-31-14-5-15-32-55;1-6-4-2-3-5-7(6)8;1-2/h1-49H;2-5,8H,1H3;1-2H3. The molecule has 0 aliphatic heterocycles. The van der Waals surface area contributed by atoms with E-state index in [2.05, 4.69) is 324 Å². The number of hydrogen-bond donors (Lipinski definition) is 1. The molecule has 3 nitrogen and oxygen atoms in total. The van der Waals surface area contributed by atoms with Gasteiger partial charge in [-0.15, -0.1) is 24.0 Å². The van der Waals surface area contributed by atoms with Gasteiger partial charge in [-0.05, 0) is 143 Å². The molecule has 2 aromatic heterocycles. The van der Waals surface area contributed by atoms with Crippen molar-refractivity contribution in [1.82, 2.24) is 4.57 Å². The van der Waals surface area contributed by atoms with E-state index >= 15 is 0 Å². The van der Waals surface area contributed by atoms with Crippen LogP contribution in [0.25, 0.3) is 69.9 Å². The minimum atomic E-state index is -0.514. The molecular formula is C82H63N3S2. The quantitative estimate of drug-likeness (QED) is 0.137. The van der Waals surface area contributed by atoms with Crippen LogP contribution in [0.15, 0.2) is 326 Å². The van der Waals surface area contributed by atoms with E-state index < -0.39 is 5.41 Å². The van der Waals surface area contributed by atoms with Gasteiger partial charge in [0.15, 0.2) is 0 Å². The fraction of sp³-hybridized carbons (Fsp3) is 0.0488. The summed E-state index contributed by atoms with van der Waals surface area (Å²) < 4.78 is 5.06. The second-order valence-electron chi connectivity index (χ2n) is 21.8. The maximum atomic E-state index is 4.20. The molecule has 0 unspecified atom stereocenters. The second kappa shape index (κ2) is 23.7. The van der Waals surface area contributed by atoms with Gasteiger partial charge in [-0.3, -0.25) is 0 Å². The molecule has 0 saturated heterocycles. The van der Waals surface area contributed by atoms with Crippen molar-refractivity contribution < 1.29 is 0 Å². The van der Waals surface area contributed by atoms with Crippen LogP contribution in [0.4, 0.5) is 34.1 Å². The average Bonchev–Trinajstić information content (AvgIpc) is 1.57. The van der Waals surface area contributed by atoms with Gasteiger partial charge in [-0.25, -0.2) is 0 Å². The van der Waals surface area contributed by atoms with Gasteiger partial charge in [-0.1, -0.05) is 238 Å². The predicted molar refractivity (Wildman–Crippen MR) is 376 cm³/mol. The molecule has 418 valence electrons. The van der Waals surface area contributed by atoms with Crippen molar-refractivity contribution in [1.29, 1.82) is 0 Å². The molecule has 1 aliphatic carbocycles. The normalized spacial score (nSPS) is 12.0. The summed E-state index contributed by atoms with van der Waals surface area (Å²) in [5.41, 5.74) is 20.6. The first kappa shape index (κ1) is 54.7. The summed E-state index contributed by atoms with van der Waals surface area (Å²) in [6.07, 6.45) is 0. The predicted octanol–water partition coefficient (Wildman–Crippen LogP) is 23.4. The number of thiophene rings is 1. The first-order valence-corrected chi connectivity index (χ1v) is 31.2. The van der Waals surface area contributed by atoms with Crippen LogP contribution in [0.3, 0.4) is 0 Å². The van der Waals surface area contributed by atoms with E-state index in [9.17, 15) is 0 Å². The average molecular weight is 1150 g/mol. The van der Waals surface area contributed by atoms with E-state index in [-0.39, 0.29) is 0 Å². The zero-order chi connectivity index (χ0) is 58.8. The number of thiol groups is 1. The highest BCUT2D eigenvalue weighted by atomic mass is 32.1. The molecule has 16 rings (SSSR count). The zero-order valence-corrected chi connectivity index (χ0v) is 50.5. The molecule has 5 heteroatoms. The smallest absolute Gasteiger partial charge is 0.0714 e. The molecular weight excluding hydrogens is 1090 g/mol. The molecule has 13 aromatic carbocycles. The number of para-hydroxylation sites is 4. The number of aromatic nitrogens is 1. The lowest BCUT2D eigenvalue weighted by atomic mass is 9.68. The Morgan fingerprint density at radius 2 is 0.862 bits per heavy atom. The minimum absolute atomic E-state index is 0.514. The van der Waals surface area contributed by atoms with Gasteiger partial charge >= 0.3 is 0 Å². The molecule has 0 saturated carbocycles. The highest BCUT2D eigenvalue weighted by molar-refractivity contribution is 7.80. The van der Waals surface area contributed by atoms with Crippen LogP contribution < -0.4 is 9.80 Å². The van der Waals surface area contributed by atoms with Crippen molar-refractivity contribution in [3.8, 4) is 27.9 Å². The van der Waals surface area contributed by atoms with Crippen molar-refractivity contribution >= 4 is 100 Å². The Morgan fingerprint density at radius 1 is 0.356 bits per heavy atom. The first-order valence-electron chi connectivity index (χ1n) is 30.0. The number of rotatable bonds is 10. The maximum absolute atomic E-state index is 4.20. The molecule has 87 heavy (non-hydrogen) atoms. The number of nitrogens with zero attached hydrogens (tertiary/aromatic N) is 3. The zero-order valence-electron chi connectivity index (χ0n) is 48.8. The SMILES string of the molecule is CC.Cc1ccccc1S.c1ccc(N(c2ccc3c4cc5c(cc4n(-c4ccccc4)c3c2)sc2ccccc25)c2ccccc2-c2ccc(N(c3ccccc3)c3cccc4c3-c3ccccc3C4(c3ccccc3)c3ccccc3)cc2)cc1. The van der Waals surface area contributed by atoms with Crippen LogP contribution in [0, 0.1) is 6.92 Å². The Bertz CT molecular complexity index is 4840. The van der Waals surface area contributed by atoms with Gasteiger partial charge in [0.1, 0.15) is 0 Å². The van der Waals surface area contributed by atoms with Crippen LogP contribution in [-0.2, 0) is 5.41 Å². The van der Waals surface area contributed by atoms with Gasteiger partial charge in [0.2, 0.25) is 0 Å². The molecule has 1 aliphatic rings. The monoisotopic (exact) mass is 1150 g/mol. The van der Waals surface area contributed by atoms with Crippen molar-refractivity contribution in [2.45, 2.75) is 31.1 Å². The molecule has 0 amide bonds. The molecule has 15 aromatic rings. The lowest BCUT2D eigenvalue weighted by Gasteiger charge is -2.34. The Kier molecular flexibility index (Phi) is 14.9. The Hall–Kier alpha value is -10.2. The Labute approximate surface area is 519 Å². The fourth-order valence-electron chi connectivity index (χ4n) is 13.2. The summed E-state index contributed by atoms with van der Waals surface area (Å²) in [6.45, 7) is 6.04. The van der Waals surface area contributed by atoms with E-state index in [4.69, 9.17) is 0 Å². The summed E-state index contributed by atoms with van der Waals surface area (Å²) in [7, 11) is 0. The van der Waals surface area contributed by atoms with Crippen molar-refractivity contribution in [3.05, 3.63) is 349 Å². The van der Waals surface area contributed by atoms with Crippen LogP contribution >= 0.6 is 24.0 Å². The number of anilines is 6. The third-order valence-corrected chi connectivity index (χ3v) is 18.6. The minimum Gasteiger partial charge on any atom is -0.310 e. The first-order chi connectivity index (χ1) is 43.0. The maximum Gasteiger partial charge on any atom is 0.0714 e. The number of benzene rings is 13. The Morgan fingerprint density at radius 3 is 1.52 bits per heavy atom. The molecule has 0 atom stereocenters. The number of hydrogen-bond acceptors (Lipinski definition) is 4. The van der Waals surface area contributed by atoms with Crippen LogP contribution in [-0.4, -0.2) is 4.57 Å². The van der Waals surface area contributed by atoms with Gasteiger partial charge in [-0.2, -0.15) is 0 Å². The van der Waals surface area contributed by atoms with Crippen LogP contribution in [0.5, 0.6) is 0 Å². The van der Waals surface area contributed by atoms with Crippen molar-refractivity contribution in [2.75, 3.05) is 9.80 Å². The van der Waals surface area contributed by atoms with E-state index in [1.54, 1.807) is 0 Å². The molecule has 0 fully saturated rings. The van der Waals surface area contributed by atoms with Gasteiger partial charge in [0.05, 0.1) is 27.8 Å². The lowest BCUT2D eigenvalue weighted by molar-refractivity contribution is 0.768. The molecule has 0 spiro atoms.